The van der Waals surface area contributed by atoms with E-state index in [9.17, 15) is 0 Å². The molecule has 0 N–H and O–H groups in total. The average molecular weight is 1010 g/mol. The maximum absolute atomic E-state index is 2.61. The Hall–Kier alpha value is -8.72. The smallest absolute Gasteiger partial charge is 0.0462 e. The largest absolute Gasteiger partial charge is 0.311 e. The van der Waals surface area contributed by atoms with Crippen LogP contribution in [0.3, 0.4) is 0 Å². The molecule has 2 atom stereocenters. The molecule has 2 unspecified atom stereocenters. The first-order valence-electron chi connectivity index (χ1n) is 28.1. The molecule has 10 aromatic carbocycles. The van der Waals surface area contributed by atoms with Gasteiger partial charge in [-0.25, -0.2) is 0 Å². The van der Waals surface area contributed by atoms with Crippen LogP contribution in [-0.4, -0.2) is 0 Å². The predicted molar refractivity (Wildman–Crippen MR) is 331 cm³/mol. The van der Waals surface area contributed by atoms with Gasteiger partial charge in [0.05, 0.1) is 0 Å². The minimum Gasteiger partial charge on any atom is -0.311 e. The number of rotatable bonds is 14. The van der Waals surface area contributed by atoms with E-state index in [2.05, 4.69) is 306 Å². The quantitative estimate of drug-likeness (QED) is 0.100. The summed E-state index contributed by atoms with van der Waals surface area (Å²) in [7, 11) is 0. The molecular weight excluding hydrogens is 941 g/mol. The van der Waals surface area contributed by atoms with E-state index in [1.54, 1.807) is 0 Å². The molecule has 0 aliphatic heterocycles. The second-order valence-corrected chi connectivity index (χ2v) is 22.6. The molecule has 78 heavy (non-hydrogen) atoms. The lowest BCUT2D eigenvalue weighted by atomic mass is 9.58. The van der Waals surface area contributed by atoms with Gasteiger partial charge in [-0.15, -0.1) is 0 Å². The molecule has 0 saturated heterocycles. The predicted octanol–water partition coefficient (Wildman–Crippen LogP) is 20.2. The molecule has 0 heterocycles. The van der Waals surface area contributed by atoms with E-state index < -0.39 is 0 Å². The van der Waals surface area contributed by atoms with Crippen LogP contribution in [0.5, 0.6) is 0 Å². The van der Waals surface area contributed by atoms with Crippen LogP contribution < -0.4 is 9.80 Å². The fraction of sp³-hybridized carbons (Fsp3) is 0.158. The molecule has 2 nitrogen and oxygen atoms in total. The summed E-state index contributed by atoms with van der Waals surface area (Å²) >= 11 is 0. The lowest BCUT2D eigenvalue weighted by Gasteiger charge is -2.45. The first-order valence-corrected chi connectivity index (χ1v) is 28.1. The highest BCUT2D eigenvalue weighted by molar-refractivity contribution is 5.88. The zero-order valence-corrected chi connectivity index (χ0v) is 45.8. The maximum atomic E-state index is 2.61. The summed E-state index contributed by atoms with van der Waals surface area (Å²) in [4.78, 5) is 4.77. The Labute approximate surface area is 462 Å². The van der Waals surface area contributed by atoms with Crippen molar-refractivity contribution in [2.75, 3.05) is 9.80 Å². The van der Waals surface area contributed by atoms with Crippen LogP contribution in [0, 0.1) is 13.8 Å². The van der Waals surface area contributed by atoms with Crippen LogP contribution in [0.25, 0.3) is 35.4 Å². The molecule has 3 aliphatic rings. The number of benzene rings is 10. The third-order valence-electron chi connectivity index (χ3n) is 17.8. The average Bonchev–Trinajstić information content (AvgIpc) is 4.11. The van der Waals surface area contributed by atoms with Crippen molar-refractivity contribution in [2.24, 2.45) is 0 Å². The Balaban J connectivity index is 0.773. The fourth-order valence-corrected chi connectivity index (χ4v) is 13.1. The highest BCUT2D eigenvalue weighted by Crippen LogP contribution is 2.63. The number of anilines is 6. The van der Waals surface area contributed by atoms with Crippen LogP contribution in [-0.2, 0) is 22.7 Å². The van der Waals surface area contributed by atoms with Gasteiger partial charge in [0.1, 0.15) is 0 Å². The SMILES string of the molecule is CCC1(c2ccc(N(c3ccc(C)cc3)c3ccc(/C=C/c4ccccc4)cc3)cc2)Cc2cc3c(cc21)C(C)(C)c1cc2c(cc1-3)C2(CC)c1ccc(N(c2ccc(C)cc2)c2ccc(/C=C/c3ccccc3)cc2)cc1. The zero-order valence-electron chi connectivity index (χ0n) is 45.8. The van der Waals surface area contributed by atoms with Crippen LogP contribution in [0.15, 0.2) is 231 Å². The van der Waals surface area contributed by atoms with Crippen molar-refractivity contribution in [1.29, 1.82) is 0 Å². The van der Waals surface area contributed by atoms with Crippen molar-refractivity contribution in [3.05, 3.63) is 308 Å². The van der Waals surface area contributed by atoms with Gasteiger partial charge in [0.2, 0.25) is 0 Å². The van der Waals surface area contributed by atoms with E-state index in [1.807, 2.05) is 0 Å². The number of hydrogen-bond acceptors (Lipinski definition) is 2. The fourth-order valence-electron chi connectivity index (χ4n) is 13.1. The summed E-state index contributed by atoms with van der Waals surface area (Å²) in [6.07, 6.45) is 11.9. The Morgan fingerprint density at radius 1 is 0.359 bits per heavy atom. The van der Waals surface area contributed by atoms with Crippen LogP contribution in [0.4, 0.5) is 34.1 Å². The van der Waals surface area contributed by atoms with Crippen molar-refractivity contribution < 1.29 is 0 Å². The van der Waals surface area contributed by atoms with E-state index >= 15 is 0 Å². The minimum absolute atomic E-state index is 0.0234. The van der Waals surface area contributed by atoms with Gasteiger partial charge in [-0.3, -0.25) is 0 Å². The van der Waals surface area contributed by atoms with Gasteiger partial charge in [0.25, 0.3) is 0 Å². The Morgan fingerprint density at radius 3 is 1.14 bits per heavy atom. The van der Waals surface area contributed by atoms with Gasteiger partial charge in [-0.1, -0.05) is 215 Å². The lowest BCUT2D eigenvalue weighted by Crippen LogP contribution is -2.40. The molecule has 10 aromatic rings. The molecule has 0 amide bonds. The van der Waals surface area contributed by atoms with Crippen molar-refractivity contribution in [1.82, 2.24) is 0 Å². The summed E-state index contributed by atoms with van der Waals surface area (Å²) in [5.41, 5.74) is 28.4. The highest BCUT2D eigenvalue weighted by atomic mass is 15.1. The second-order valence-electron chi connectivity index (χ2n) is 22.6. The number of hydrogen-bond donors (Lipinski definition) is 0. The van der Waals surface area contributed by atoms with Gasteiger partial charge in [-0.2, -0.15) is 0 Å². The Kier molecular flexibility index (Phi) is 12.1. The summed E-state index contributed by atoms with van der Waals surface area (Å²) in [6, 6.07) is 85.9. The van der Waals surface area contributed by atoms with Crippen LogP contribution >= 0.6 is 0 Å². The molecule has 0 saturated carbocycles. The molecule has 0 fully saturated rings. The summed E-state index contributed by atoms with van der Waals surface area (Å²) in [5.74, 6) is 0. The number of fused-ring (bicyclic) bond motifs is 5. The molecule has 13 rings (SSSR count). The molecule has 0 radical (unpaired) electrons. The topological polar surface area (TPSA) is 6.48 Å². The summed E-state index contributed by atoms with van der Waals surface area (Å²) in [6.45, 7) is 14.0. The van der Waals surface area contributed by atoms with Crippen molar-refractivity contribution in [3.63, 3.8) is 0 Å². The van der Waals surface area contributed by atoms with Gasteiger partial charge < -0.3 is 9.80 Å². The van der Waals surface area contributed by atoms with E-state index in [1.165, 1.54) is 89.0 Å². The molecule has 380 valence electrons. The van der Waals surface area contributed by atoms with E-state index in [-0.39, 0.29) is 16.2 Å². The van der Waals surface area contributed by atoms with E-state index in [4.69, 9.17) is 0 Å². The van der Waals surface area contributed by atoms with Crippen molar-refractivity contribution in [3.8, 4) is 11.1 Å². The first kappa shape index (κ1) is 48.9. The van der Waals surface area contributed by atoms with Gasteiger partial charge >= 0.3 is 0 Å². The van der Waals surface area contributed by atoms with E-state index in [0.29, 0.717) is 0 Å². The highest BCUT2D eigenvalue weighted by Gasteiger charge is 2.53. The second kappa shape index (κ2) is 19.4. The van der Waals surface area contributed by atoms with Crippen molar-refractivity contribution in [2.45, 2.75) is 77.0 Å². The van der Waals surface area contributed by atoms with Crippen molar-refractivity contribution >= 4 is 58.4 Å². The molecule has 0 aromatic heterocycles. The first-order chi connectivity index (χ1) is 38.1. The maximum Gasteiger partial charge on any atom is 0.0462 e. The normalized spacial score (nSPS) is 17.3. The third-order valence-corrected chi connectivity index (χ3v) is 17.8. The molecule has 0 bridgehead atoms. The van der Waals surface area contributed by atoms with Gasteiger partial charge in [-0.05, 0) is 190 Å². The summed E-state index contributed by atoms with van der Waals surface area (Å²) in [5, 5.41) is 0. The molecule has 2 heteroatoms. The molecule has 0 spiro atoms. The molecule has 3 aliphatic carbocycles. The van der Waals surface area contributed by atoms with Crippen LogP contribution in [0.2, 0.25) is 0 Å². The Morgan fingerprint density at radius 2 is 0.718 bits per heavy atom. The summed E-state index contributed by atoms with van der Waals surface area (Å²) < 4.78 is 0. The molecular formula is C76H66N2. The number of nitrogens with zero attached hydrogens (tertiary/aromatic N) is 2. The lowest BCUT2D eigenvalue weighted by molar-refractivity contribution is 0.431. The van der Waals surface area contributed by atoms with E-state index in [0.717, 1.165) is 53.4 Å². The standard InChI is InChI=1S/C76H66N2/c1-7-75(59-31-43-65(44-32-59)77(61-35-19-52(3)20-36-61)63-39-27-56(28-40-63)25-23-54-15-11-9-12-16-54)51-58-47-67-68-48-72-73(50-71(68)74(5,6)70(67)49-69(58)75)76(72,8-2)60-33-45-66(46-34-60)78(62-37-21-53(4)22-38-62)64-41-29-57(30-42-64)26-24-55-17-13-10-14-18-55/h9-50H,7-8,51H2,1-6H3/b25-23+,26-24+. The van der Waals surface area contributed by atoms with Gasteiger partial charge in [0, 0.05) is 50.4 Å². The zero-order chi connectivity index (χ0) is 53.2. The monoisotopic (exact) mass is 1010 g/mol. The Bertz CT molecular complexity index is 3890. The number of aryl methyl sites for hydroxylation is 2. The van der Waals surface area contributed by atoms with Crippen LogP contribution in [0.1, 0.15) is 118 Å². The third kappa shape index (κ3) is 8.34. The van der Waals surface area contributed by atoms with Gasteiger partial charge in [0.15, 0.2) is 0 Å². The minimum atomic E-state index is -0.123.